The highest BCUT2D eigenvalue weighted by Crippen LogP contribution is 2.21. The van der Waals surface area contributed by atoms with Crippen molar-refractivity contribution in [1.82, 2.24) is 14.3 Å². The van der Waals surface area contributed by atoms with Gasteiger partial charge in [0.1, 0.15) is 11.4 Å². The van der Waals surface area contributed by atoms with Crippen molar-refractivity contribution >= 4 is 11.8 Å². The molecular weight excluding hydrogens is 433 g/mol. The molecule has 1 aromatic carbocycles. The Balaban J connectivity index is 2.06. The predicted molar refractivity (Wildman–Crippen MR) is 107 cm³/mol. The number of carboxylic acids is 1. The lowest BCUT2D eigenvalue weighted by Gasteiger charge is -2.27. The number of carboxylic acid groups (broad SMARTS) is 1. The van der Waals surface area contributed by atoms with Gasteiger partial charge in [0.2, 0.25) is 5.82 Å². The maximum atomic E-state index is 12.4. The largest absolute Gasteiger partial charge is 0.546 e. The number of aryl methyl sites for hydroxylation is 1. The average Bonchev–Trinajstić information content (AvgIpc) is 2.68. The van der Waals surface area contributed by atoms with Gasteiger partial charge in [0, 0.05) is 26.6 Å². The molecule has 0 fully saturated rings. The minimum absolute atomic E-state index is 0.162. The van der Waals surface area contributed by atoms with Crippen LogP contribution >= 0.6 is 0 Å². The van der Waals surface area contributed by atoms with Crippen LogP contribution in [0.15, 0.2) is 33.9 Å². The smallest absolute Gasteiger partial charge is 0.389 e. The molecule has 0 bridgehead atoms. The van der Waals surface area contributed by atoms with E-state index in [-0.39, 0.29) is 25.3 Å². The summed E-state index contributed by atoms with van der Waals surface area (Å²) in [5, 5.41) is 17.8. The fraction of sp³-hybridized carbons (Fsp3) is 0.500. The summed E-state index contributed by atoms with van der Waals surface area (Å²) in [6, 6.07) is 6.67. The van der Waals surface area contributed by atoms with Crippen molar-refractivity contribution in [3.63, 3.8) is 0 Å². The molecule has 0 amide bonds. The highest BCUT2D eigenvalue weighted by atomic mass is 19.4. The van der Waals surface area contributed by atoms with Crippen LogP contribution in [0.4, 0.5) is 19.0 Å². The van der Waals surface area contributed by atoms with Gasteiger partial charge in [-0.25, -0.2) is 9.48 Å². The molecule has 1 heterocycles. The lowest BCUT2D eigenvalue weighted by atomic mass is 10.1. The number of ether oxygens (including phenoxy) is 1. The molecular formula is C20H24F3N4O5-. The number of aromatic nitrogens is 3. The second-order valence-corrected chi connectivity index (χ2v) is 7.66. The highest BCUT2D eigenvalue weighted by molar-refractivity contribution is 5.74. The van der Waals surface area contributed by atoms with Crippen molar-refractivity contribution in [3.05, 3.63) is 50.7 Å². The van der Waals surface area contributed by atoms with Crippen LogP contribution in [0.1, 0.15) is 32.3 Å². The molecule has 0 aliphatic carbocycles. The van der Waals surface area contributed by atoms with E-state index >= 15 is 0 Å². The van der Waals surface area contributed by atoms with Gasteiger partial charge in [-0.15, -0.1) is 5.10 Å². The summed E-state index contributed by atoms with van der Waals surface area (Å²) in [7, 11) is 1.22. The van der Waals surface area contributed by atoms with Crippen LogP contribution in [0.3, 0.4) is 0 Å². The minimum Gasteiger partial charge on any atom is -0.546 e. The van der Waals surface area contributed by atoms with Crippen molar-refractivity contribution in [2.24, 2.45) is 7.05 Å². The van der Waals surface area contributed by atoms with Gasteiger partial charge in [0.15, 0.2) is 0 Å². The summed E-state index contributed by atoms with van der Waals surface area (Å²) in [5.74, 6) is -1.20. The Kier molecular flexibility index (Phi) is 7.70. The number of anilines is 1. The predicted octanol–water partition coefficient (Wildman–Crippen LogP) is 0.846. The molecule has 0 saturated heterocycles. The Morgan fingerprint density at radius 2 is 1.94 bits per heavy atom. The first-order valence-electron chi connectivity index (χ1n) is 9.78. The highest BCUT2D eigenvalue weighted by Gasteiger charge is 2.26. The first-order chi connectivity index (χ1) is 14.8. The van der Waals surface area contributed by atoms with Crippen LogP contribution in [0.25, 0.3) is 0 Å². The molecule has 176 valence electrons. The van der Waals surface area contributed by atoms with Gasteiger partial charge >= 0.3 is 11.9 Å². The zero-order chi connectivity index (χ0) is 24.1. The van der Waals surface area contributed by atoms with Crippen LogP contribution < -0.4 is 26.4 Å². The topological polar surface area (TPSA) is 118 Å². The van der Waals surface area contributed by atoms with Gasteiger partial charge in [-0.1, -0.05) is 12.1 Å². The Morgan fingerprint density at radius 3 is 2.56 bits per heavy atom. The second kappa shape index (κ2) is 9.88. The number of hydrogen-bond donors (Lipinski definition) is 1. The SMILES string of the molecule is Cn1c(=O)c(NCCc2cccc(OC(C)(C)C(=O)[O-])c2)nn(CCCC(F)(F)F)c1=O. The van der Waals surface area contributed by atoms with Gasteiger partial charge in [-0.3, -0.25) is 9.36 Å². The normalized spacial score (nSPS) is 11.9. The van der Waals surface area contributed by atoms with E-state index in [4.69, 9.17) is 4.74 Å². The number of halogens is 3. The molecule has 1 N–H and O–H groups in total. The molecule has 1 aromatic heterocycles. The molecule has 32 heavy (non-hydrogen) atoms. The van der Waals surface area contributed by atoms with E-state index in [0.717, 1.165) is 14.8 Å². The quantitative estimate of drug-likeness (QED) is 0.562. The van der Waals surface area contributed by atoms with Crippen LogP contribution in [-0.4, -0.2) is 38.6 Å². The van der Waals surface area contributed by atoms with Gasteiger partial charge in [-0.05, 0) is 44.4 Å². The molecule has 0 spiro atoms. The Hall–Kier alpha value is -3.31. The van der Waals surface area contributed by atoms with Crippen molar-refractivity contribution < 1.29 is 27.8 Å². The van der Waals surface area contributed by atoms with Crippen LogP contribution in [-0.2, 0) is 24.8 Å². The molecule has 2 aromatic rings. The third-order valence-electron chi connectivity index (χ3n) is 4.53. The van der Waals surface area contributed by atoms with Gasteiger partial charge in [-0.2, -0.15) is 13.2 Å². The first kappa shape index (κ1) is 25.0. The zero-order valence-electron chi connectivity index (χ0n) is 17.9. The molecule has 0 atom stereocenters. The number of aliphatic carboxylic acids is 1. The number of carbonyl (C=O) groups excluding carboxylic acids is 1. The maximum absolute atomic E-state index is 12.4. The average molecular weight is 457 g/mol. The molecule has 12 heteroatoms. The summed E-state index contributed by atoms with van der Waals surface area (Å²) < 4.78 is 44.1. The van der Waals surface area contributed by atoms with Crippen LogP contribution in [0.2, 0.25) is 0 Å². The van der Waals surface area contributed by atoms with E-state index in [1.54, 1.807) is 24.3 Å². The van der Waals surface area contributed by atoms with E-state index in [2.05, 4.69) is 10.4 Å². The molecule has 2 rings (SSSR count). The number of alkyl halides is 3. The summed E-state index contributed by atoms with van der Waals surface area (Å²) in [6.07, 6.45) is -5.37. The van der Waals surface area contributed by atoms with Crippen molar-refractivity contribution in [1.29, 1.82) is 0 Å². The third kappa shape index (κ3) is 6.86. The van der Waals surface area contributed by atoms with Crippen LogP contribution in [0.5, 0.6) is 5.75 Å². The third-order valence-corrected chi connectivity index (χ3v) is 4.53. The molecule has 0 aliphatic rings. The van der Waals surface area contributed by atoms with E-state index < -0.39 is 35.4 Å². The second-order valence-electron chi connectivity index (χ2n) is 7.66. The van der Waals surface area contributed by atoms with Crippen molar-refractivity contribution in [2.45, 2.75) is 51.4 Å². The van der Waals surface area contributed by atoms with E-state index in [1.165, 1.54) is 20.9 Å². The van der Waals surface area contributed by atoms with E-state index in [9.17, 15) is 32.7 Å². The van der Waals surface area contributed by atoms with Crippen molar-refractivity contribution in [2.75, 3.05) is 11.9 Å². The molecule has 9 nitrogen and oxygen atoms in total. The molecule has 0 radical (unpaired) electrons. The lowest BCUT2D eigenvalue weighted by Crippen LogP contribution is -2.47. The van der Waals surface area contributed by atoms with Crippen molar-refractivity contribution in [3.8, 4) is 5.75 Å². The molecule has 0 aliphatic heterocycles. The van der Waals surface area contributed by atoms with Gasteiger partial charge in [0.05, 0.1) is 5.97 Å². The monoisotopic (exact) mass is 457 g/mol. The minimum atomic E-state index is -4.35. The van der Waals surface area contributed by atoms with E-state index in [0.29, 0.717) is 12.2 Å². The fourth-order valence-corrected chi connectivity index (χ4v) is 2.74. The van der Waals surface area contributed by atoms with Crippen LogP contribution in [0, 0.1) is 0 Å². The molecule has 0 saturated carbocycles. The number of rotatable bonds is 10. The first-order valence-corrected chi connectivity index (χ1v) is 9.78. The fourth-order valence-electron chi connectivity index (χ4n) is 2.74. The number of carbonyl (C=O) groups is 1. The summed E-state index contributed by atoms with van der Waals surface area (Å²) in [6.45, 7) is 2.66. The summed E-state index contributed by atoms with van der Waals surface area (Å²) >= 11 is 0. The molecule has 0 unspecified atom stereocenters. The Bertz CT molecular complexity index is 1080. The van der Waals surface area contributed by atoms with Gasteiger partial charge in [0.25, 0.3) is 5.56 Å². The summed E-state index contributed by atoms with van der Waals surface area (Å²) in [5.41, 5.74) is -2.26. The number of benzene rings is 1. The van der Waals surface area contributed by atoms with Gasteiger partial charge < -0.3 is 20.0 Å². The number of hydrogen-bond acceptors (Lipinski definition) is 7. The number of nitrogens with zero attached hydrogens (tertiary/aromatic N) is 3. The van der Waals surface area contributed by atoms with E-state index in [1.807, 2.05) is 0 Å². The Morgan fingerprint density at radius 1 is 1.25 bits per heavy atom. The maximum Gasteiger partial charge on any atom is 0.389 e. The zero-order valence-corrected chi connectivity index (χ0v) is 17.9. The summed E-state index contributed by atoms with van der Waals surface area (Å²) in [4.78, 5) is 35.4. The number of nitrogens with one attached hydrogen (secondary N) is 1. The standard InChI is InChI=1S/C20H25F3N4O5/c1-19(2,17(29)30)32-14-7-4-6-13(12-14)8-10-24-15-16(28)26(3)18(31)27(25-15)11-5-9-20(21,22)23/h4,6-7,12H,5,8-11H2,1-3H3,(H,24,25)(H,29,30)/p-1. The Labute approximate surface area is 181 Å². The lowest BCUT2D eigenvalue weighted by molar-refractivity contribution is -0.320.